The number of rotatable bonds is 10. The zero-order chi connectivity index (χ0) is 27.1. The Bertz CT molecular complexity index is 1440. The number of para-hydroxylation sites is 1. The predicted molar refractivity (Wildman–Crippen MR) is 152 cm³/mol. The van der Waals surface area contributed by atoms with Crippen molar-refractivity contribution in [1.29, 1.82) is 0 Å². The summed E-state index contributed by atoms with van der Waals surface area (Å²) in [7, 11) is 1.96. The van der Waals surface area contributed by atoms with E-state index in [0.29, 0.717) is 29.2 Å². The van der Waals surface area contributed by atoms with Crippen molar-refractivity contribution in [3.8, 4) is 0 Å². The molecule has 0 aliphatic heterocycles. The van der Waals surface area contributed by atoms with Crippen LogP contribution in [0.3, 0.4) is 0 Å². The van der Waals surface area contributed by atoms with Gasteiger partial charge in [-0.05, 0) is 73.7 Å². The van der Waals surface area contributed by atoms with Gasteiger partial charge >= 0.3 is 6.16 Å². The summed E-state index contributed by atoms with van der Waals surface area (Å²) in [5.74, 6) is 0.508. The number of oxime groups is 1. The maximum atomic E-state index is 13.2. The molecule has 3 aromatic carbocycles. The first-order chi connectivity index (χ1) is 18.4. The Morgan fingerprint density at radius 2 is 1.55 bits per heavy atom. The van der Waals surface area contributed by atoms with Crippen LogP contribution in [-0.2, 0) is 16.6 Å². The molecular formula is C31H32N2O4S. The molecule has 0 saturated heterocycles. The number of ether oxygens (including phenoxy) is 1. The van der Waals surface area contributed by atoms with Gasteiger partial charge in [0.05, 0.1) is 12.3 Å². The van der Waals surface area contributed by atoms with Crippen LogP contribution in [0.15, 0.2) is 93.9 Å². The van der Waals surface area contributed by atoms with Crippen LogP contribution in [0.1, 0.15) is 55.1 Å². The summed E-state index contributed by atoms with van der Waals surface area (Å²) in [5, 5.41) is 5.03. The molecule has 4 aromatic rings. The molecular weight excluding hydrogens is 496 g/mol. The van der Waals surface area contributed by atoms with E-state index in [-0.39, 0.29) is 12.4 Å². The van der Waals surface area contributed by atoms with Gasteiger partial charge in [0.25, 0.3) is 0 Å². The monoisotopic (exact) mass is 528 g/mol. The molecule has 1 heterocycles. The number of carbonyl (C=O) groups excluding carboxylic acids is 2. The highest BCUT2D eigenvalue weighted by atomic mass is 32.2. The number of carbonyl (C=O) groups is 2. The Morgan fingerprint density at radius 1 is 0.921 bits per heavy atom. The minimum Gasteiger partial charge on any atom is -0.433 e. The zero-order valence-corrected chi connectivity index (χ0v) is 23.0. The number of ketones is 1. The Kier molecular flexibility index (Phi) is 9.02. The third-order valence-electron chi connectivity index (χ3n) is 6.13. The van der Waals surface area contributed by atoms with Gasteiger partial charge in [-0.25, -0.2) is 4.79 Å². The van der Waals surface area contributed by atoms with Crippen molar-refractivity contribution in [3.63, 3.8) is 0 Å². The van der Waals surface area contributed by atoms with Gasteiger partial charge in [0.2, 0.25) is 0 Å². The molecule has 4 rings (SSSR count). The van der Waals surface area contributed by atoms with E-state index in [1.54, 1.807) is 18.7 Å². The molecule has 0 aliphatic carbocycles. The molecule has 0 atom stereocenters. The van der Waals surface area contributed by atoms with E-state index in [1.807, 2.05) is 90.6 Å². The van der Waals surface area contributed by atoms with Crippen LogP contribution in [-0.4, -0.2) is 28.8 Å². The second-order valence-electron chi connectivity index (χ2n) is 9.40. The van der Waals surface area contributed by atoms with Gasteiger partial charge in [-0.15, -0.1) is 0 Å². The van der Waals surface area contributed by atoms with Crippen LogP contribution >= 0.6 is 11.8 Å². The lowest BCUT2D eigenvalue weighted by atomic mass is 10.0. The number of aryl methyl sites for hydroxylation is 1. The average Bonchev–Trinajstić information content (AvgIpc) is 3.26. The SMILES string of the molecule is CCOC(=O)ON=C(CCC(C)C)c1ccc(Sc2ccc(C(=O)c3cn(C)c4ccccc34)cc2)cc1. The highest BCUT2D eigenvalue weighted by molar-refractivity contribution is 7.99. The first kappa shape index (κ1) is 27.2. The van der Waals surface area contributed by atoms with Gasteiger partial charge in [-0.2, -0.15) is 0 Å². The normalized spacial score (nSPS) is 11.7. The van der Waals surface area contributed by atoms with Crippen LogP contribution in [0.25, 0.3) is 10.9 Å². The second-order valence-corrected chi connectivity index (χ2v) is 10.5. The van der Waals surface area contributed by atoms with Crippen molar-refractivity contribution in [2.75, 3.05) is 6.61 Å². The topological polar surface area (TPSA) is 69.9 Å². The first-order valence-corrected chi connectivity index (χ1v) is 13.5. The highest BCUT2D eigenvalue weighted by Crippen LogP contribution is 2.30. The van der Waals surface area contributed by atoms with E-state index in [2.05, 4.69) is 19.0 Å². The fraction of sp³-hybridized carbons (Fsp3) is 0.258. The summed E-state index contributed by atoms with van der Waals surface area (Å²) in [6, 6.07) is 23.6. The molecule has 0 amide bonds. The molecule has 6 nitrogen and oxygen atoms in total. The number of hydrogen-bond donors (Lipinski definition) is 0. The standard InChI is InChI=1S/C31H32N2O4S/c1-5-36-31(35)37-32-28(19-10-21(2)3)22-11-15-24(16-12-22)38-25-17-13-23(14-18-25)30(34)27-20-33(4)29-9-7-6-8-26(27)29/h6-9,11-18,20-21H,5,10,19H2,1-4H3. The molecule has 38 heavy (non-hydrogen) atoms. The molecule has 0 unspecified atom stereocenters. The summed E-state index contributed by atoms with van der Waals surface area (Å²) in [4.78, 5) is 31.8. The van der Waals surface area contributed by atoms with Gasteiger partial charge in [0.1, 0.15) is 0 Å². The highest BCUT2D eigenvalue weighted by Gasteiger charge is 2.16. The van der Waals surface area contributed by atoms with E-state index >= 15 is 0 Å². The summed E-state index contributed by atoms with van der Waals surface area (Å²) in [6.07, 6.45) is 2.71. The molecule has 0 fully saturated rings. The minimum absolute atomic E-state index is 0.0148. The second kappa shape index (κ2) is 12.6. The maximum Gasteiger partial charge on any atom is 0.535 e. The molecule has 7 heteroatoms. The molecule has 1 aromatic heterocycles. The molecule has 0 bridgehead atoms. The van der Waals surface area contributed by atoms with Crippen molar-refractivity contribution in [2.24, 2.45) is 18.1 Å². The number of aromatic nitrogens is 1. The van der Waals surface area contributed by atoms with Gasteiger partial charge in [-0.3, -0.25) is 9.63 Å². The number of benzene rings is 3. The van der Waals surface area contributed by atoms with E-state index in [9.17, 15) is 9.59 Å². The third-order valence-corrected chi connectivity index (χ3v) is 7.15. The van der Waals surface area contributed by atoms with Gasteiger partial charge in [-0.1, -0.05) is 61.1 Å². The Labute approximate surface area is 227 Å². The maximum absolute atomic E-state index is 13.2. The largest absolute Gasteiger partial charge is 0.535 e. The van der Waals surface area contributed by atoms with E-state index in [1.165, 1.54) is 0 Å². The molecule has 0 saturated carbocycles. The van der Waals surface area contributed by atoms with Gasteiger partial charge in [0, 0.05) is 45.1 Å². The third kappa shape index (κ3) is 6.72. The van der Waals surface area contributed by atoms with Crippen molar-refractivity contribution >= 4 is 40.3 Å². The van der Waals surface area contributed by atoms with Crippen LogP contribution in [0.2, 0.25) is 0 Å². The summed E-state index contributed by atoms with van der Waals surface area (Å²) in [5.41, 5.74) is 4.01. The van der Waals surface area contributed by atoms with Crippen molar-refractivity contribution in [1.82, 2.24) is 4.57 Å². The quantitative estimate of drug-likeness (QED) is 0.0688. The van der Waals surface area contributed by atoms with E-state index in [0.717, 1.165) is 32.7 Å². The average molecular weight is 529 g/mol. The summed E-state index contributed by atoms with van der Waals surface area (Å²) >= 11 is 1.61. The van der Waals surface area contributed by atoms with Crippen LogP contribution in [0, 0.1) is 5.92 Å². The van der Waals surface area contributed by atoms with Gasteiger partial charge < -0.3 is 9.30 Å². The number of nitrogens with zero attached hydrogens (tertiary/aromatic N) is 2. The summed E-state index contributed by atoms with van der Waals surface area (Å²) in [6.45, 7) is 6.24. The fourth-order valence-electron chi connectivity index (χ4n) is 4.11. The molecule has 0 spiro atoms. The van der Waals surface area contributed by atoms with Crippen molar-refractivity contribution < 1.29 is 19.2 Å². The predicted octanol–water partition coefficient (Wildman–Crippen LogP) is 7.87. The van der Waals surface area contributed by atoms with E-state index in [4.69, 9.17) is 9.57 Å². The number of hydrogen-bond acceptors (Lipinski definition) is 6. The van der Waals surface area contributed by atoms with Gasteiger partial charge in [0.15, 0.2) is 5.78 Å². The van der Waals surface area contributed by atoms with Crippen LogP contribution in [0.4, 0.5) is 4.79 Å². The fourth-order valence-corrected chi connectivity index (χ4v) is 4.93. The van der Waals surface area contributed by atoms with E-state index < -0.39 is 6.16 Å². The lowest BCUT2D eigenvalue weighted by molar-refractivity contribution is 0.0612. The molecule has 0 aliphatic rings. The Morgan fingerprint density at radius 3 is 2.18 bits per heavy atom. The van der Waals surface area contributed by atoms with Crippen molar-refractivity contribution in [3.05, 3.63) is 95.7 Å². The Balaban J connectivity index is 1.45. The smallest absolute Gasteiger partial charge is 0.433 e. The minimum atomic E-state index is -0.802. The molecule has 0 N–H and O–H groups in total. The molecule has 0 radical (unpaired) electrons. The summed E-state index contributed by atoms with van der Waals surface area (Å²) < 4.78 is 6.80. The first-order valence-electron chi connectivity index (χ1n) is 12.7. The Hall–Kier alpha value is -3.84. The number of fused-ring (bicyclic) bond motifs is 1. The lowest BCUT2D eigenvalue weighted by Gasteiger charge is -2.09. The van der Waals surface area contributed by atoms with Crippen LogP contribution in [0.5, 0.6) is 0 Å². The molecule has 196 valence electrons. The van der Waals surface area contributed by atoms with Crippen molar-refractivity contribution in [2.45, 2.75) is 43.4 Å². The lowest BCUT2D eigenvalue weighted by Crippen LogP contribution is -2.08. The van der Waals surface area contributed by atoms with Crippen LogP contribution < -0.4 is 0 Å². The zero-order valence-electron chi connectivity index (χ0n) is 22.1.